The summed E-state index contributed by atoms with van der Waals surface area (Å²) < 4.78 is 13.4. The Kier molecular flexibility index (Phi) is 3.91. The molecule has 2 aromatic carbocycles. The molecule has 0 fully saturated rings. The number of non-ortho nitro benzene ring substituents is 1. The first-order valence-electron chi connectivity index (χ1n) is 7.07. The van der Waals surface area contributed by atoms with Gasteiger partial charge < -0.3 is 5.32 Å². The molecule has 120 valence electrons. The number of rotatable bonds is 3. The lowest BCUT2D eigenvalue weighted by Gasteiger charge is -2.09. The van der Waals surface area contributed by atoms with Crippen LogP contribution in [0.15, 0.2) is 48.5 Å². The Hall–Kier alpha value is -3.35. The number of nitrogens with one attached hydrogen (secondary N) is 1. The second kappa shape index (κ2) is 6.04. The summed E-state index contributed by atoms with van der Waals surface area (Å²) in [6, 6.07) is 11.2. The van der Waals surface area contributed by atoms with Crippen LogP contribution in [0.25, 0.3) is 10.9 Å². The first kappa shape index (κ1) is 15.5. The lowest BCUT2D eigenvalue weighted by atomic mass is 10.1. The van der Waals surface area contributed by atoms with Crippen molar-refractivity contribution in [3.05, 3.63) is 75.7 Å². The summed E-state index contributed by atoms with van der Waals surface area (Å²) in [4.78, 5) is 27.0. The number of carbonyl (C=O) groups excluding carboxylic acids is 1. The van der Waals surface area contributed by atoms with E-state index in [1.54, 1.807) is 19.1 Å². The first-order chi connectivity index (χ1) is 11.4. The van der Waals surface area contributed by atoms with E-state index in [0.717, 1.165) is 0 Å². The van der Waals surface area contributed by atoms with Crippen LogP contribution in [-0.2, 0) is 0 Å². The van der Waals surface area contributed by atoms with Gasteiger partial charge in [0.2, 0.25) is 0 Å². The van der Waals surface area contributed by atoms with Gasteiger partial charge in [0.05, 0.1) is 16.0 Å². The Morgan fingerprint density at radius 1 is 1.21 bits per heavy atom. The first-order valence-corrected chi connectivity index (χ1v) is 7.07. The van der Waals surface area contributed by atoms with Crippen LogP contribution in [0.4, 0.5) is 15.8 Å². The summed E-state index contributed by atoms with van der Waals surface area (Å²) in [5.41, 5.74) is 1.45. The van der Waals surface area contributed by atoms with Crippen LogP contribution in [0.2, 0.25) is 0 Å². The third kappa shape index (κ3) is 3.05. The number of pyridine rings is 1. The number of hydrogen-bond donors (Lipinski definition) is 1. The predicted molar refractivity (Wildman–Crippen MR) is 87.5 cm³/mol. The minimum absolute atomic E-state index is 0.120. The molecule has 0 aliphatic rings. The Morgan fingerprint density at radius 2 is 2.00 bits per heavy atom. The van der Waals surface area contributed by atoms with Crippen molar-refractivity contribution in [2.45, 2.75) is 6.92 Å². The van der Waals surface area contributed by atoms with Crippen molar-refractivity contribution in [1.29, 1.82) is 0 Å². The van der Waals surface area contributed by atoms with Crippen molar-refractivity contribution >= 4 is 28.2 Å². The van der Waals surface area contributed by atoms with Gasteiger partial charge in [0.15, 0.2) is 0 Å². The maximum Gasteiger partial charge on any atom is 0.271 e. The number of nitro groups is 1. The van der Waals surface area contributed by atoms with E-state index in [1.807, 2.05) is 0 Å². The third-order valence-electron chi connectivity index (χ3n) is 3.46. The molecule has 7 heteroatoms. The number of nitro benzene ring substituents is 1. The number of amides is 1. The van der Waals surface area contributed by atoms with Gasteiger partial charge in [-0.15, -0.1) is 0 Å². The average Bonchev–Trinajstić information content (AvgIpc) is 2.53. The van der Waals surface area contributed by atoms with Crippen LogP contribution >= 0.6 is 0 Å². The predicted octanol–water partition coefficient (Wildman–Crippen LogP) is 3.84. The SMILES string of the molecule is Cc1cc(C(=O)Nc2cccc([N+](=O)[O-])c2)c2ccc(F)cc2n1. The number of fused-ring (bicyclic) bond motifs is 1. The van der Waals surface area contributed by atoms with Gasteiger partial charge in [-0.25, -0.2) is 4.39 Å². The average molecular weight is 325 g/mol. The van der Waals surface area contributed by atoms with E-state index in [4.69, 9.17) is 0 Å². The van der Waals surface area contributed by atoms with Gasteiger partial charge >= 0.3 is 0 Å². The van der Waals surface area contributed by atoms with Gasteiger partial charge in [-0.2, -0.15) is 0 Å². The number of nitrogens with zero attached hydrogens (tertiary/aromatic N) is 2. The zero-order chi connectivity index (χ0) is 17.3. The van der Waals surface area contributed by atoms with Crippen LogP contribution in [-0.4, -0.2) is 15.8 Å². The molecule has 0 saturated carbocycles. The van der Waals surface area contributed by atoms with Crippen molar-refractivity contribution < 1.29 is 14.1 Å². The molecule has 0 unspecified atom stereocenters. The summed E-state index contributed by atoms with van der Waals surface area (Å²) in [7, 11) is 0. The van der Waals surface area contributed by atoms with Crippen molar-refractivity contribution in [2.75, 3.05) is 5.32 Å². The summed E-state index contributed by atoms with van der Waals surface area (Å²) in [6.07, 6.45) is 0. The van der Waals surface area contributed by atoms with Gasteiger partial charge in [-0.05, 0) is 31.2 Å². The van der Waals surface area contributed by atoms with Crippen molar-refractivity contribution in [3.8, 4) is 0 Å². The largest absolute Gasteiger partial charge is 0.322 e. The van der Waals surface area contributed by atoms with Gasteiger partial charge in [-0.1, -0.05) is 6.07 Å². The Morgan fingerprint density at radius 3 is 2.75 bits per heavy atom. The second-order valence-electron chi connectivity index (χ2n) is 5.23. The van der Waals surface area contributed by atoms with Crippen LogP contribution in [0.3, 0.4) is 0 Å². The number of aromatic nitrogens is 1. The van der Waals surface area contributed by atoms with E-state index in [2.05, 4.69) is 10.3 Å². The number of aryl methyl sites for hydroxylation is 1. The monoisotopic (exact) mass is 325 g/mol. The molecule has 6 nitrogen and oxygen atoms in total. The van der Waals surface area contributed by atoms with Crippen LogP contribution < -0.4 is 5.32 Å². The molecule has 0 radical (unpaired) electrons. The molecule has 24 heavy (non-hydrogen) atoms. The van der Waals surface area contributed by atoms with E-state index < -0.39 is 16.6 Å². The van der Waals surface area contributed by atoms with Crippen molar-refractivity contribution in [3.63, 3.8) is 0 Å². The van der Waals surface area contributed by atoms with Crippen LogP contribution in [0.1, 0.15) is 16.1 Å². The van der Waals surface area contributed by atoms with E-state index >= 15 is 0 Å². The highest BCUT2D eigenvalue weighted by Gasteiger charge is 2.14. The fourth-order valence-corrected chi connectivity index (χ4v) is 2.42. The van der Waals surface area contributed by atoms with Gasteiger partial charge in [-0.3, -0.25) is 19.9 Å². The van der Waals surface area contributed by atoms with E-state index in [-0.39, 0.29) is 5.69 Å². The zero-order valence-corrected chi connectivity index (χ0v) is 12.6. The van der Waals surface area contributed by atoms with Gasteiger partial charge in [0.1, 0.15) is 5.82 Å². The molecule has 0 aliphatic carbocycles. The third-order valence-corrected chi connectivity index (χ3v) is 3.46. The number of halogens is 1. The molecule has 1 N–H and O–H groups in total. The van der Waals surface area contributed by atoms with Crippen molar-refractivity contribution in [2.24, 2.45) is 0 Å². The maximum absolute atomic E-state index is 13.4. The van der Waals surface area contributed by atoms with Crippen LogP contribution in [0, 0.1) is 22.9 Å². The molecular formula is C17H12FN3O3. The van der Waals surface area contributed by atoms with E-state index in [1.165, 1.54) is 36.4 Å². The molecule has 1 amide bonds. The zero-order valence-electron chi connectivity index (χ0n) is 12.6. The molecule has 3 aromatic rings. The number of anilines is 1. The number of carbonyl (C=O) groups is 1. The minimum Gasteiger partial charge on any atom is -0.322 e. The molecule has 0 atom stereocenters. The van der Waals surface area contributed by atoms with Gasteiger partial charge in [0, 0.05) is 35.0 Å². The highest BCUT2D eigenvalue weighted by Crippen LogP contribution is 2.22. The van der Waals surface area contributed by atoms with Gasteiger partial charge in [0.25, 0.3) is 11.6 Å². The molecule has 0 spiro atoms. The quantitative estimate of drug-likeness (QED) is 0.585. The minimum atomic E-state index is -0.537. The smallest absolute Gasteiger partial charge is 0.271 e. The second-order valence-corrected chi connectivity index (χ2v) is 5.23. The summed E-state index contributed by atoms with van der Waals surface area (Å²) in [5, 5.41) is 13.9. The molecule has 0 aliphatic heterocycles. The fraction of sp³-hybridized carbons (Fsp3) is 0.0588. The normalized spacial score (nSPS) is 10.6. The number of benzene rings is 2. The van der Waals surface area contributed by atoms with E-state index in [0.29, 0.717) is 27.8 Å². The highest BCUT2D eigenvalue weighted by molar-refractivity contribution is 6.12. The molecule has 0 bridgehead atoms. The summed E-state index contributed by atoms with van der Waals surface area (Å²) in [6.45, 7) is 1.70. The van der Waals surface area contributed by atoms with Crippen LogP contribution in [0.5, 0.6) is 0 Å². The highest BCUT2D eigenvalue weighted by atomic mass is 19.1. The topological polar surface area (TPSA) is 85.1 Å². The standard InChI is InChI=1S/C17H12FN3O3/c1-10-7-15(14-6-5-11(18)8-16(14)19-10)17(22)20-12-3-2-4-13(9-12)21(23)24/h2-9H,1H3,(H,20,22). The lowest BCUT2D eigenvalue weighted by Crippen LogP contribution is -2.13. The molecule has 3 rings (SSSR count). The maximum atomic E-state index is 13.4. The molecule has 1 heterocycles. The molecule has 0 saturated heterocycles. The summed E-state index contributed by atoms with van der Waals surface area (Å²) in [5.74, 6) is -0.886. The lowest BCUT2D eigenvalue weighted by molar-refractivity contribution is -0.384. The number of hydrogen-bond acceptors (Lipinski definition) is 4. The Bertz CT molecular complexity index is 967. The fourth-order valence-electron chi connectivity index (χ4n) is 2.42. The summed E-state index contributed by atoms with van der Waals surface area (Å²) >= 11 is 0. The molecular weight excluding hydrogens is 313 g/mol. The Balaban J connectivity index is 2.00. The molecule has 1 aromatic heterocycles. The van der Waals surface area contributed by atoms with E-state index in [9.17, 15) is 19.3 Å². The van der Waals surface area contributed by atoms with Crippen molar-refractivity contribution in [1.82, 2.24) is 4.98 Å². The Labute approximate surface area is 136 Å².